The van der Waals surface area contributed by atoms with E-state index >= 15 is 0 Å². The molecule has 0 saturated carbocycles. The van der Waals surface area contributed by atoms with Crippen LogP contribution in [0.5, 0.6) is 0 Å². The number of nitrogens with zero attached hydrogens (tertiary/aromatic N) is 2. The molecule has 0 spiro atoms. The standard InChI is InChI=1S/C16H19N3O2/c1-18(2)15-9-7-13(8-10-15)11-17-12-14-5-3-4-6-16(14)19(20)21/h3-10,17H,11-12H2,1-2H3. The van der Waals surface area contributed by atoms with Gasteiger partial charge in [-0.05, 0) is 17.7 Å². The molecule has 5 nitrogen and oxygen atoms in total. The van der Waals surface area contributed by atoms with Crippen molar-refractivity contribution in [1.29, 1.82) is 0 Å². The molecule has 110 valence electrons. The highest BCUT2D eigenvalue weighted by Gasteiger charge is 2.11. The Morgan fingerprint density at radius 1 is 1.05 bits per heavy atom. The number of hydrogen-bond acceptors (Lipinski definition) is 4. The Morgan fingerprint density at radius 3 is 2.33 bits per heavy atom. The first-order valence-electron chi connectivity index (χ1n) is 6.77. The Morgan fingerprint density at radius 2 is 1.71 bits per heavy atom. The van der Waals surface area contributed by atoms with E-state index in [9.17, 15) is 10.1 Å². The Bertz CT molecular complexity index is 609. The number of nitrogens with one attached hydrogen (secondary N) is 1. The molecule has 0 fully saturated rings. The topological polar surface area (TPSA) is 58.4 Å². The lowest BCUT2D eigenvalue weighted by molar-refractivity contribution is -0.385. The number of hydrogen-bond donors (Lipinski definition) is 1. The molecule has 0 aliphatic heterocycles. The van der Waals surface area contributed by atoms with Gasteiger partial charge in [-0.2, -0.15) is 0 Å². The average molecular weight is 285 g/mol. The minimum atomic E-state index is -0.344. The number of rotatable bonds is 6. The first-order valence-corrected chi connectivity index (χ1v) is 6.77. The summed E-state index contributed by atoms with van der Waals surface area (Å²) >= 11 is 0. The van der Waals surface area contributed by atoms with E-state index in [4.69, 9.17) is 0 Å². The van der Waals surface area contributed by atoms with Gasteiger partial charge < -0.3 is 10.2 Å². The van der Waals surface area contributed by atoms with Crippen molar-refractivity contribution in [3.63, 3.8) is 0 Å². The number of para-hydroxylation sites is 1. The first kappa shape index (κ1) is 15.0. The smallest absolute Gasteiger partial charge is 0.273 e. The summed E-state index contributed by atoms with van der Waals surface area (Å²) < 4.78 is 0. The molecule has 0 aromatic heterocycles. The number of nitro groups is 1. The van der Waals surface area contributed by atoms with Gasteiger partial charge >= 0.3 is 0 Å². The molecular formula is C16H19N3O2. The third-order valence-electron chi connectivity index (χ3n) is 3.29. The monoisotopic (exact) mass is 285 g/mol. The van der Waals surface area contributed by atoms with E-state index in [0.29, 0.717) is 18.7 Å². The molecule has 5 heteroatoms. The lowest BCUT2D eigenvalue weighted by Crippen LogP contribution is -2.14. The maximum Gasteiger partial charge on any atom is 0.273 e. The van der Waals surface area contributed by atoms with Gasteiger partial charge in [0.25, 0.3) is 5.69 Å². The van der Waals surface area contributed by atoms with Crippen LogP contribution in [-0.2, 0) is 13.1 Å². The average Bonchev–Trinajstić information content (AvgIpc) is 2.48. The number of benzene rings is 2. The van der Waals surface area contributed by atoms with Crippen LogP contribution in [0.1, 0.15) is 11.1 Å². The fourth-order valence-corrected chi connectivity index (χ4v) is 2.09. The van der Waals surface area contributed by atoms with Crippen LogP contribution in [-0.4, -0.2) is 19.0 Å². The normalized spacial score (nSPS) is 10.4. The van der Waals surface area contributed by atoms with Crippen molar-refractivity contribution in [2.24, 2.45) is 0 Å². The largest absolute Gasteiger partial charge is 0.378 e. The third-order valence-corrected chi connectivity index (χ3v) is 3.29. The predicted molar refractivity (Wildman–Crippen MR) is 84.4 cm³/mol. The van der Waals surface area contributed by atoms with Crippen molar-refractivity contribution in [3.05, 3.63) is 69.8 Å². The summed E-state index contributed by atoms with van der Waals surface area (Å²) in [6, 6.07) is 15.0. The molecule has 0 saturated heterocycles. The van der Waals surface area contributed by atoms with Crippen molar-refractivity contribution in [1.82, 2.24) is 5.32 Å². The van der Waals surface area contributed by atoms with Gasteiger partial charge in [0.15, 0.2) is 0 Å². The fraction of sp³-hybridized carbons (Fsp3) is 0.250. The molecule has 0 unspecified atom stereocenters. The van der Waals surface area contributed by atoms with Crippen molar-refractivity contribution in [3.8, 4) is 0 Å². The quantitative estimate of drug-likeness (QED) is 0.655. The first-order chi connectivity index (χ1) is 10.1. The second kappa shape index (κ2) is 6.85. The van der Waals surface area contributed by atoms with Crippen LogP contribution in [0.15, 0.2) is 48.5 Å². The fourth-order valence-electron chi connectivity index (χ4n) is 2.09. The molecule has 0 amide bonds. The van der Waals surface area contributed by atoms with Gasteiger partial charge in [-0.25, -0.2) is 0 Å². The highest BCUT2D eigenvalue weighted by molar-refractivity contribution is 5.46. The Hall–Kier alpha value is -2.40. The molecule has 1 N–H and O–H groups in total. The maximum atomic E-state index is 10.9. The molecule has 2 rings (SSSR count). The Kier molecular flexibility index (Phi) is 4.90. The van der Waals surface area contributed by atoms with E-state index in [1.807, 2.05) is 25.1 Å². The lowest BCUT2D eigenvalue weighted by Gasteiger charge is -2.13. The van der Waals surface area contributed by atoms with Crippen LogP contribution in [0, 0.1) is 10.1 Å². The zero-order valence-electron chi connectivity index (χ0n) is 12.2. The summed E-state index contributed by atoms with van der Waals surface area (Å²) in [6.07, 6.45) is 0. The van der Waals surface area contributed by atoms with Crippen LogP contribution >= 0.6 is 0 Å². The Balaban J connectivity index is 1.94. The molecule has 0 radical (unpaired) electrons. The van der Waals surface area contributed by atoms with Crippen molar-refractivity contribution in [2.45, 2.75) is 13.1 Å². The highest BCUT2D eigenvalue weighted by atomic mass is 16.6. The van der Waals surface area contributed by atoms with Gasteiger partial charge in [-0.15, -0.1) is 0 Å². The second-order valence-electron chi connectivity index (χ2n) is 5.05. The molecular weight excluding hydrogens is 266 g/mol. The molecule has 21 heavy (non-hydrogen) atoms. The van der Waals surface area contributed by atoms with Crippen LogP contribution < -0.4 is 10.2 Å². The van der Waals surface area contributed by atoms with Gasteiger partial charge in [0.2, 0.25) is 0 Å². The second-order valence-corrected chi connectivity index (χ2v) is 5.05. The van der Waals surface area contributed by atoms with E-state index in [2.05, 4.69) is 29.6 Å². The van der Waals surface area contributed by atoms with Crippen LogP contribution in [0.4, 0.5) is 11.4 Å². The molecule has 2 aromatic carbocycles. The molecule has 0 aliphatic rings. The summed E-state index contributed by atoms with van der Waals surface area (Å²) in [5.41, 5.74) is 3.16. The SMILES string of the molecule is CN(C)c1ccc(CNCc2ccccc2[N+](=O)[O-])cc1. The van der Waals surface area contributed by atoms with E-state index in [1.165, 1.54) is 6.07 Å². The van der Waals surface area contributed by atoms with Gasteiger partial charge in [0, 0.05) is 44.5 Å². The maximum absolute atomic E-state index is 10.9. The minimum absolute atomic E-state index is 0.160. The van der Waals surface area contributed by atoms with Gasteiger partial charge in [0.05, 0.1) is 4.92 Å². The van der Waals surface area contributed by atoms with E-state index in [0.717, 1.165) is 11.3 Å². The molecule has 0 aliphatic carbocycles. The molecule has 0 heterocycles. The zero-order chi connectivity index (χ0) is 15.2. The summed E-state index contributed by atoms with van der Waals surface area (Å²) in [7, 11) is 4.00. The number of nitro benzene ring substituents is 1. The van der Waals surface area contributed by atoms with Crippen molar-refractivity contribution < 1.29 is 4.92 Å². The molecule has 0 bridgehead atoms. The van der Waals surface area contributed by atoms with Gasteiger partial charge in [-0.3, -0.25) is 10.1 Å². The van der Waals surface area contributed by atoms with E-state index in [1.54, 1.807) is 12.1 Å². The lowest BCUT2D eigenvalue weighted by atomic mass is 10.1. The van der Waals surface area contributed by atoms with Crippen molar-refractivity contribution >= 4 is 11.4 Å². The summed E-state index contributed by atoms with van der Waals surface area (Å²) in [6.45, 7) is 1.16. The summed E-state index contributed by atoms with van der Waals surface area (Å²) in [5, 5.41) is 14.2. The van der Waals surface area contributed by atoms with Crippen LogP contribution in [0.2, 0.25) is 0 Å². The van der Waals surface area contributed by atoms with Gasteiger partial charge in [0.1, 0.15) is 0 Å². The third kappa shape index (κ3) is 4.03. The highest BCUT2D eigenvalue weighted by Crippen LogP contribution is 2.17. The van der Waals surface area contributed by atoms with E-state index in [-0.39, 0.29) is 10.6 Å². The Labute approximate surface area is 124 Å². The van der Waals surface area contributed by atoms with E-state index < -0.39 is 0 Å². The predicted octanol–water partition coefficient (Wildman–Crippen LogP) is 2.95. The minimum Gasteiger partial charge on any atom is -0.378 e. The molecule has 2 aromatic rings. The van der Waals surface area contributed by atoms with Crippen LogP contribution in [0.25, 0.3) is 0 Å². The van der Waals surface area contributed by atoms with Crippen LogP contribution in [0.3, 0.4) is 0 Å². The van der Waals surface area contributed by atoms with Crippen molar-refractivity contribution in [2.75, 3.05) is 19.0 Å². The molecule has 0 atom stereocenters. The summed E-state index contributed by atoms with van der Waals surface area (Å²) in [4.78, 5) is 12.6. The summed E-state index contributed by atoms with van der Waals surface area (Å²) in [5.74, 6) is 0. The zero-order valence-corrected chi connectivity index (χ0v) is 12.2. The number of anilines is 1. The van der Waals surface area contributed by atoms with Gasteiger partial charge in [-0.1, -0.05) is 30.3 Å².